The zero-order valence-corrected chi connectivity index (χ0v) is 14.5. The van der Waals surface area contributed by atoms with Crippen LogP contribution in [0.25, 0.3) is 10.9 Å². The van der Waals surface area contributed by atoms with Crippen molar-refractivity contribution < 1.29 is 14.6 Å². The predicted octanol–water partition coefficient (Wildman–Crippen LogP) is 2.92. The number of aromatic nitrogens is 1. The number of benzene rings is 1. The second kappa shape index (κ2) is 7.81. The molecule has 0 saturated carbocycles. The van der Waals surface area contributed by atoms with Crippen LogP contribution in [0.15, 0.2) is 24.3 Å². The van der Waals surface area contributed by atoms with E-state index in [9.17, 15) is 0 Å². The highest BCUT2D eigenvalue weighted by molar-refractivity contribution is 5.95. The third-order valence-corrected chi connectivity index (χ3v) is 4.57. The van der Waals surface area contributed by atoms with Gasteiger partial charge in [0.05, 0.1) is 13.2 Å². The van der Waals surface area contributed by atoms with Gasteiger partial charge in [-0.05, 0) is 38.3 Å². The highest BCUT2D eigenvalue weighted by Gasteiger charge is 2.22. The van der Waals surface area contributed by atoms with Gasteiger partial charge in [0.15, 0.2) is 0 Å². The van der Waals surface area contributed by atoms with Crippen molar-refractivity contribution >= 4 is 16.6 Å². The van der Waals surface area contributed by atoms with E-state index in [1.807, 2.05) is 19.1 Å². The summed E-state index contributed by atoms with van der Waals surface area (Å²) in [6.45, 7) is 4.82. The summed E-state index contributed by atoms with van der Waals surface area (Å²) in [4.78, 5) is 7.09. The SMILES string of the molecule is COc1cccc2c(N3CCC(OCCCO)CC3)cc(C)nc12. The van der Waals surface area contributed by atoms with Crippen LogP contribution in [0.3, 0.4) is 0 Å². The maximum atomic E-state index is 8.85. The smallest absolute Gasteiger partial charge is 0.145 e. The number of hydrogen-bond acceptors (Lipinski definition) is 5. The first-order valence-electron chi connectivity index (χ1n) is 8.64. The summed E-state index contributed by atoms with van der Waals surface area (Å²) in [7, 11) is 1.69. The molecule has 1 aromatic heterocycles. The normalized spacial score (nSPS) is 15.9. The molecule has 1 aliphatic heterocycles. The number of aliphatic hydroxyl groups is 1. The molecule has 0 unspecified atom stereocenters. The van der Waals surface area contributed by atoms with Gasteiger partial charge in [0.25, 0.3) is 0 Å². The molecule has 1 aromatic carbocycles. The van der Waals surface area contributed by atoms with Gasteiger partial charge < -0.3 is 19.5 Å². The van der Waals surface area contributed by atoms with Gasteiger partial charge in [-0.3, -0.25) is 0 Å². The van der Waals surface area contributed by atoms with E-state index in [0.29, 0.717) is 19.1 Å². The number of aryl methyl sites for hydroxylation is 1. The Morgan fingerprint density at radius 1 is 1.29 bits per heavy atom. The summed E-state index contributed by atoms with van der Waals surface area (Å²) in [5, 5.41) is 9.99. The summed E-state index contributed by atoms with van der Waals surface area (Å²) in [5.41, 5.74) is 3.16. The number of hydrogen-bond donors (Lipinski definition) is 1. The summed E-state index contributed by atoms with van der Waals surface area (Å²) in [6, 6.07) is 8.25. The molecule has 0 bridgehead atoms. The highest BCUT2D eigenvalue weighted by Crippen LogP contribution is 2.33. The first-order valence-corrected chi connectivity index (χ1v) is 8.64. The first-order chi connectivity index (χ1) is 11.7. The van der Waals surface area contributed by atoms with Crippen molar-refractivity contribution in [1.29, 1.82) is 0 Å². The first kappa shape index (κ1) is 17.0. The molecular formula is C19H26N2O3. The summed E-state index contributed by atoms with van der Waals surface area (Å²) < 4.78 is 11.3. The van der Waals surface area contributed by atoms with Crippen molar-refractivity contribution in [2.45, 2.75) is 32.3 Å². The number of fused-ring (bicyclic) bond motifs is 1. The molecule has 1 aliphatic rings. The standard InChI is InChI=1S/C19H26N2O3/c1-14-13-17(16-5-3-6-18(23-2)19(16)20-14)21-9-7-15(8-10-21)24-12-4-11-22/h3,5-6,13,15,22H,4,7-12H2,1-2H3. The molecule has 1 saturated heterocycles. The Labute approximate surface area is 143 Å². The van der Waals surface area contributed by atoms with Crippen molar-refractivity contribution in [3.8, 4) is 5.75 Å². The van der Waals surface area contributed by atoms with E-state index in [4.69, 9.17) is 14.6 Å². The lowest BCUT2D eigenvalue weighted by Gasteiger charge is -2.34. The van der Waals surface area contributed by atoms with E-state index in [1.54, 1.807) is 7.11 Å². The van der Waals surface area contributed by atoms with Crippen LogP contribution >= 0.6 is 0 Å². The minimum absolute atomic E-state index is 0.197. The van der Waals surface area contributed by atoms with Gasteiger partial charge in [-0.15, -0.1) is 0 Å². The molecule has 5 nitrogen and oxygen atoms in total. The highest BCUT2D eigenvalue weighted by atomic mass is 16.5. The van der Waals surface area contributed by atoms with Crippen molar-refractivity contribution in [2.75, 3.05) is 38.3 Å². The predicted molar refractivity (Wildman–Crippen MR) is 95.9 cm³/mol. The number of rotatable bonds is 6. The fourth-order valence-corrected chi connectivity index (χ4v) is 3.33. The van der Waals surface area contributed by atoms with E-state index in [1.165, 1.54) is 5.69 Å². The molecule has 0 amide bonds. The average molecular weight is 330 g/mol. The van der Waals surface area contributed by atoms with Gasteiger partial charge in [-0.1, -0.05) is 12.1 Å². The number of pyridine rings is 1. The van der Waals surface area contributed by atoms with Gasteiger partial charge in [0.2, 0.25) is 0 Å². The Hall–Kier alpha value is -1.85. The molecule has 2 heterocycles. The van der Waals surface area contributed by atoms with Crippen molar-refractivity contribution in [3.05, 3.63) is 30.0 Å². The molecule has 2 aromatic rings. The second-order valence-corrected chi connectivity index (χ2v) is 6.27. The van der Waals surface area contributed by atoms with Gasteiger partial charge in [-0.2, -0.15) is 0 Å². The Kier molecular flexibility index (Phi) is 5.53. The molecule has 0 spiro atoms. The van der Waals surface area contributed by atoms with Gasteiger partial charge in [0.1, 0.15) is 11.3 Å². The Balaban J connectivity index is 1.78. The number of nitrogens with zero attached hydrogens (tertiary/aromatic N) is 2. The Morgan fingerprint density at radius 3 is 2.79 bits per heavy atom. The maximum absolute atomic E-state index is 8.85. The van der Waals surface area contributed by atoms with Gasteiger partial charge in [0, 0.05) is 43.1 Å². The molecule has 3 rings (SSSR count). The minimum Gasteiger partial charge on any atom is -0.494 e. The molecule has 0 aliphatic carbocycles. The summed E-state index contributed by atoms with van der Waals surface area (Å²) >= 11 is 0. The van der Waals surface area contributed by atoms with Crippen LogP contribution in [0.2, 0.25) is 0 Å². The lowest BCUT2D eigenvalue weighted by molar-refractivity contribution is 0.0294. The molecule has 130 valence electrons. The molecule has 1 fully saturated rings. The summed E-state index contributed by atoms with van der Waals surface area (Å²) in [6.07, 6.45) is 3.04. The van der Waals surface area contributed by atoms with Gasteiger partial charge >= 0.3 is 0 Å². The minimum atomic E-state index is 0.197. The Morgan fingerprint density at radius 2 is 2.08 bits per heavy atom. The number of piperidine rings is 1. The lowest BCUT2D eigenvalue weighted by Crippen LogP contribution is -2.37. The Bertz CT molecular complexity index is 682. The fourth-order valence-electron chi connectivity index (χ4n) is 3.33. The number of para-hydroxylation sites is 1. The second-order valence-electron chi connectivity index (χ2n) is 6.27. The van der Waals surface area contributed by atoms with E-state index in [2.05, 4.69) is 22.0 Å². The fraction of sp³-hybridized carbons (Fsp3) is 0.526. The number of methoxy groups -OCH3 is 1. The van der Waals surface area contributed by atoms with Crippen LogP contribution in [0, 0.1) is 6.92 Å². The maximum Gasteiger partial charge on any atom is 0.145 e. The van der Waals surface area contributed by atoms with Crippen molar-refractivity contribution in [2.24, 2.45) is 0 Å². The van der Waals surface area contributed by atoms with E-state index < -0.39 is 0 Å². The van der Waals surface area contributed by atoms with Crippen molar-refractivity contribution in [3.63, 3.8) is 0 Å². The third-order valence-electron chi connectivity index (χ3n) is 4.57. The molecule has 0 radical (unpaired) electrons. The molecular weight excluding hydrogens is 304 g/mol. The summed E-state index contributed by atoms with van der Waals surface area (Å²) in [5.74, 6) is 0.819. The largest absolute Gasteiger partial charge is 0.494 e. The number of aliphatic hydroxyl groups excluding tert-OH is 1. The van der Waals surface area contributed by atoms with Crippen LogP contribution in [-0.4, -0.2) is 49.6 Å². The number of ether oxygens (including phenoxy) is 2. The molecule has 1 N–H and O–H groups in total. The van der Waals surface area contributed by atoms with Crippen LogP contribution in [0.1, 0.15) is 25.0 Å². The van der Waals surface area contributed by atoms with E-state index in [0.717, 1.165) is 48.3 Å². The monoisotopic (exact) mass is 330 g/mol. The topological polar surface area (TPSA) is 54.8 Å². The zero-order valence-electron chi connectivity index (χ0n) is 14.5. The van der Waals surface area contributed by atoms with Gasteiger partial charge in [-0.25, -0.2) is 4.98 Å². The van der Waals surface area contributed by atoms with E-state index >= 15 is 0 Å². The quantitative estimate of drug-likeness (QED) is 0.825. The van der Waals surface area contributed by atoms with Crippen LogP contribution in [-0.2, 0) is 4.74 Å². The van der Waals surface area contributed by atoms with Crippen LogP contribution in [0.5, 0.6) is 5.75 Å². The third kappa shape index (κ3) is 3.62. The molecule has 0 atom stereocenters. The van der Waals surface area contributed by atoms with Crippen molar-refractivity contribution in [1.82, 2.24) is 4.98 Å². The van der Waals surface area contributed by atoms with Crippen LogP contribution < -0.4 is 9.64 Å². The molecule has 5 heteroatoms. The zero-order chi connectivity index (χ0) is 16.9. The average Bonchev–Trinajstić information content (AvgIpc) is 2.61. The van der Waals surface area contributed by atoms with Crippen LogP contribution in [0.4, 0.5) is 5.69 Å². The lowest BCUT2D eigenvalue weighted by atomic mass is 10.0. The number of anilines is 1. The van der Waals surface area contributed by atoms with E-state index in [-0.39, 0.29) is 6.61 Å². The molecule has 24 heavy (non-hydrogen) atoms.